The van der Waals surface area contributed by atoms with E-state index in [4.69, 9.17) is 9.47 Å². The molecule has 0 saturated carbocycles. The molecule has 2 aliphatic heterocycles. The Hall–Kier alpha value is -4.13. The van der Waals surface area contributed by atoms with Crippen LogP contribution in [0.15, 0.2) is 60.7 Å². The molecule has 0 fully saturated rings. The highest BCUT2D eigenvalue weighted by Gasteiger charge is 2.35. The molecule has 5 rings (SSSR count). The van der Waals surface area contributed by atoms with Gasteiger partial charge in [0.25, 0.3) is 17.7 Å². The Labute approximate surface area is 197 Å². The van der Waals surface area contributed by atoms with E-state index in [9.17, 15) is 14.4 Å². The Morgan fingerprint density at radius 1 is 0.912 bits per heavy atom. The lowest BCUT2D eigenvalue weighted by molar-refractivity contribution is 0.0642. The minimum atomic E-state index is -0.330. The quantitative estimate of drug-likeness (QED) is 0.541. The van der Waals surface area contributed by atoms with E-state index in [1.807, 2.05) is 18.2 Å². The number of hydrogen-bond donors (Lipinski definition) is 0. The van der Waals surface area contributed by atoms with Gasteiger partial charge in [-0.25, -0.2) is 0 Å². The van der Waals surface area contributed by atoms with Crippen LogP contribution in [-0.4, -0.2) is 43.4 Å². The van der Waals surface area contributed by atoms with Crippen molar-refractivity contribution in [3.05, 3.63) is 88.5 Å². The van der Waals surface area contributed by atoms with Gasteiger partial charge in [-0.2, -0.15) is 0 Å². The molecule has 0 aromatic heterocycles. The van der Waals surface area contributed by atoms with E-state index in [0.29, 0.717) is 34.5 Å². The van der Waals surface area contributed by atoms with Crippen molar-refractivity contribution in [3.8, 4) is 11.5 Å². The first kappa shape index (κ1) is 21.7. The molecule has 7 nitrogen and oxygen atoms in total. The summed E-state index contributed by atoms with van der Waals surface area (Å²) >= 11 is 0. The zero-order chi connectivity index (χ0) is 23.8. The minimum absolute atomic E-state index is 0.0738. The van der Waals surface area contributed by atoms with E-state index in [1.165, 1.54) is 12.0 Å². The van der Waals surface area contributed by atoms with Crippen LogP contribution in [0.5, 0.6) is 11.5 Å². The van der Waals surface area contributed by atoms with Crippen molar-refractivity contribution in [1.82, 2.24) is 4.90 Å². The number of ether oxygens (including phenoxy) is 2. The number of amides is 3. The topological polar surface area (TPSA) is 76.2 Å². The van der Waals surface area contributed by atoms with Gasteiger partial charge in [0.05, 0.1) is 37.5 Å². The number of methoxy groups -OCH3 is 2. The van der Waals surface area contributed by atoms with E-state index < -0.39 is 0 Å². The van der Waals surface area contributed by atoms with Crippen LogP contribution in [0.4, 0.5) is 5.69 Å². The monoisotopic (exact) mass is 456 g/mol. The smallest absolute Gasteiger partial charge is 0.262 e. The number of hydrogen-bond acceptors (Lipinski definition) is 5. The van der Waals surface area contributed by atoms with E-state index in [2.05, 4.69) is 0 Å². The summed E-state index contributed by atoms with van der Waals surface area (Å²) < 4.78 is 10.8. The summed E-state index contributed by atoms with van der Waals surface area (Å²) in [6.45, 7) is 0.661. The van der Waals surface area contributed by atoms with Crippen LogP contribution in [0.2, 0.25) is 0 Å². The molecule has 2 aliphatic rings. The normalized spacial score (nSPS) is 14.6. The highest BCUT2D eigenvalue weighted by Crippen LogP contribution is 2.33. The van der Waals surface area contributed by atoms with E-state index in [-0.39, 0.29) is 24.3 Å². The third kappa shape index (κ3) is 3.59. The minimum Gasteiger partial charge on any atom is -0.497 e. The summed E-state index contributed by atoms with van der Waals surface area (Å²) in [7, 11) is 3.14. The van der Waals surface area contributed by atoms with E-state index >= 15 is 0 Å². The van der Waals surface area contributed by atoms with Gasteiger partial charge in [0.2, 0.25) is 0 Å². The first-order valence-electron chi connectivity index (χ1n) is 11.1. The molecular formula is C27H24N2O5. The van der Waals surface area contributed by atoms with Crippen LogP contribution in [-0.2, 0) is 13.0 Å². The molecule has 0 unspecified atom stereocenters. The number of benzene rings is 3. The Balaban J connectivity index is 1.45. The number of rotatable bonds is 5. The Morgan fingerprint density at radius 3 is 2.32 bits per heavy atom. The van der Waals surface area contributed by atoms with Crippen LogP contribution in [0, 0.1) is 0 Å². The van der Waals surface area contributed by atoms with Gasteiger partial charge in [0, 0.05) is 12.2 Å². The fraction of sp³-hybridized carbons (Fsp3) is 0.222. The lowest BCUT2D eigenvalue weighted by Crippen LogP contribution is -2.36. The number of aryl methyl sites for hydroxylation is 1. The lowest BCUT2D eigenvalue weighted by Gasteiger charge is -2.30. The Kier molecular flexibility index (Phi) is 5.53. The molecule has 34 heavy (non-hydrogen) atoms. The van der Waals surface area contributed by atoms with Gasteiger partial charge in [-0.15, -0.1) is 0 Å². The fourth-order valence-electron chi connectivity index (χ4n) is 4.64. The Morgan fingerprint density at radius 2 is 1.65 bits per heavy atom. The molecule has 0 saturated heterocycles. The molecule has 0 N–H and O–H groups in total. The maximum absolute atomic E-state index is 13.7. The maximum atomic E-state index is 13.7. The second kappa shape index (κ2) is 8.67. The standard InChI is InChI=1S/C27H24N2O5/c1-33-19-10-11-23-18(15-19)6-5-13-28(23)27(32)22-14-17(9-12-24(22)34-2)16-29-25(30)20-7-3-4-8-21(20)26(29)31/h3-4,7-12,14-15H,5-6,13,16H2,1-2H3. The van der Waals surface area contributed by atoms with Crippen molar-refractivity contribution in [3.63, 3.8) is 0 Å². The van der Waals surface area contributed by atoms with Crippen molar-refractivity contribution < 1.29 is 23.9 Å². The molecule has 172 valence electrons. The van der Waals surface area contributed by atoms with E-state index in [1.54, 1.807) is 54.5 Å². The molecule has 3 amide bonds. The summed E-state index contributed by atoms with van der Waals surface area (Å²) in [5.74, 6) is 0.351. The number of nitrogens with zero attached hydrogens (tertiary/aromatic N) is 2. The summed E-state index contributed by atoms with van der Waals surface area (Å²) in [4.78, 5) is 42.2. The molecule has 2 heterocycles. The molecule has 0 bridgehead atoms. The number of fused-ring (bicyclic) bond motifs is 2. The molecule has 3 aromatic rings. The van der Waals surface area contributed by atoms with Gasteiger partial charge in [-0.1, -0.05) is 18.2 Å². The summed E-state index contributed by atoms with van der Waals surface area (Å²) in [5, 5.41) is 0. The van der Waals surface area contributed by atoms with Crippen LogP contribution in [0.25, 0.3) is 0 Å². The molecule has 0 aliphatic carbocycles. The summed E-state index contributed by atoms with van der Waals surface area (Å²) in [6, 6.07) is 17.7. The first-order valence-corrected chi connectivity index (χ1v) is 11.1. The van der Waals surface area contributed by atoms with Gasteiger partial charge in [0.15, 0.2) is 0 Å². The zero-order valence-corrected chi connectivity index (χ0v) is 19.0. The number of carbonyl (C=O) groups excluding carboxylic acids is 3. The molecule has 7 heteroatoms. The molecule has 0 atom stereocenters. The molecule has 3 aromatic carbocycles. The third-order valence-corrected chi connectivity index (χ3v) is 6.36. The van der Waals surface area contributed by atoms with Crippen LogP contribution < -0.4 is 14.4 Å². The van der Waals surface area contributed by atoms with Crippen LogP contribution in [0.1, 0.15) is 48.6 Å². The third-order valence-electron chi connectivity index (χ3n) is 6.36. The zero-order valence-electron chi connectivity index (χ0n) is 19.0. The first-order chi connectivity index (χ1) is 16.5. The molecule has 0 radical (unpaired) electrons. The van der Waals surface area contributed by atoms with Gasteiger partial charge < -0.3 is 14.4 Å². The number of anilines is 1. The number of imide groups is 1. The fourth-order valence-corrected chi connectivity index (χ4v) is 4.64. The predicted octanol–water partition coefficient (Wildman–Crippen LogP) is 4.09. The molecule has 0 spiro atoms. The van der Waals surface area contributed by atoms with Crippen molar-refractivity contribution in [2.24, 2.45) is 0 Å². The summed E-state index contributed by atoms with van der Waals surface area (Å²) in [6.07, 6.45) is 1.70. The highest BCUT2D eigenvalue weighted by molar-refractivity contribution is 6.21. The average Bonchev–Trinajstić information content (AvgIpc) is 3.12. The van der Waals surface area contributed by atoms with Crippen LogP contribution in [0.3, 0.4) is 0 Å². The number of carbonyl (C=O) groups is 3. The van der Waals surface area contributed by atoms with Gasteiger partial charge in [-0.3, -0.25) is 19.3 Å². The van der Waals surface area contributed by atoms with Crippen molar-refractivity contribution in [1.29, 1.82) is 0 Å². The largest absolute Gasteiger partial charge is 0.497 e. The van der Waals surface area contributed by atoms with Crippen molar-refractivity contribution in [2.45, 2.75) is 19.4 Å². The average molecular weight is 456 g/mol. The highest BCUT2D eigenvalue weighted by atomic mass is 16.5. The maximum Gasteiger partial charge on any atom is 0.262 e. The predicted molar refractivity (Wildman–Crippen MR) is 127 cm³/mol. The lowest BCUT2D eigenvalue weighted by atomic mass is 9.99. The van der Waals surface area contributed by atoms with Crippen molar-refractivity contribution >= 4 is 23.4 Å². The second-order valence-electron chi connectivity index (χ2n) is 8.33. The summed E-state index contributed by atoms with van der Waals surface area (Å²) in [5.41, 5.74) is 3.77. The van der Waals surface area contributed by atoms with Gasteiger partial charge in [0.1, 0.15) is 11.5 Å². The van der Waals surface area contributed by atoms with E-state index in [0.717, 1.165) is 29.8 Å². The van der Waals surface area contributed by atoms with Gasteiger partial charge in [-0.05, 0) is 66.4 Å². The SMILES string of the molecule is COc1ccc2c(c1)CCCN2C(=O)c1cc(CN2C(=O)c3ccccc3C2=O)ccc1OC. The second-order valence-corrected chi connectivity index (χ2v) is 8.33. The van der Waals surface area contributed by atoms with Gasteiger partial charge >= 0.3 is 0 Å². The molecular weight excluding hydrogens is 432 g/mol. The van der Waals surface area contributed by atoms with Crippen LogP contribution >= 0.6 is 0 Å². The van der Waals surface area contributed by atoms with Crippen molar-refractivity contribution in [2.75, 3.05) is 25.7 Å². The Bertz CT molecular complexity index is 1280.